The highest BCUT2D eigenvalue weighted by atomic mass is 16.8. The maximum atomic E-state index is 12.7. The number of hydrogen-bond acceptors (Lipinski definition) is 20. The van der Waals surface area contributed by atoms with Crippen molar-refractivity contribution in [2.45, 2.75) is 160 Å². The van der Waals surface area contributed by atoms with Gasteiger partial charge in [0.1, 0.15) is 65.9 Å². The predicted molar refractivity (Wildman–Crippen MR) is 258 cm³/mol. The maximum Gasteiger partial charge on any atom is 0.407 e. The van der Waals surface area contributed by atoms with E-state index in [1.807, 2.05) is 75.8 Å². The SMILES string of the molecule is CCCN(CC[C@@H](Cc1ccccc1)NC(=O)OC(C)(C)C)C[C@H]1OC(n2cnc3c(N)ncnc32)C2OC(C)(C)O[C@@H]21.CCCNC[C@H]1OC(n2cnc3c(N)ncnc32)C2OC(C)(C)O[C@@H]21.O=C=O. The summed E-state index contributed by atoms with van der Waals surface area (Å²) in [7, 11) is 0. The van der Waals surface area contributed by atoms with Crippen LogP contribution in [-0.2, 0) is 49.2 Å². The van der Waals surface area contributed by atoms with Gasteiger partial charge in [0.25, 0.3) is 0 Å². The number of aromatic nitrogens is 8. The molecule has 1 amide bonds. The summed E-state index contributed by atoms with van der Waals surface area (Å²) in [5, 5.41) is 6.51. The van der Waals surface area contributed by atoms with Crippen molar-refractivity contribution < 1.29 is 47.5 Å². The molecule has 71 heavy (non-hydrogen) atoms. The summed E-state index contributed by atoms with van der Waals surface area (Å²) in [4.78, 5) is 56.9. The van der Waals surface area contributed by atoms with E-state index < -0.39 is 29.5 Å². The number of benzene rings is 1. The number of fused-ring (bicyclic) bond motifs is 4. The summed E-state index contributed by atoms with van der Waals surface area (Å²) in [6.07, 6.45) is 7.28. The average molecular weight is 988 g/mol. The number of alkyl carbamates (subject to hydrolysis) is 1. The van der Waals surface area contributed by atoms with Crippen LogP contribution in [-0.4, -0.2) is 149 Å². The van der Waals surface area contributed by atoms with Gasteiger partial charge in [0.15, 0.2) is 47.0 Å². The fourth-order valence-corrected chi connectivity index (χ4v) is 9.41. The number of ether oxygens (including phenoxy) is 7. The fraction of sp³-hybridized carbons (Fsp3) is 0.625. The lowest BCUT2D eigenvalue weighted by atomic mass is 10.0. The van der Waals surface area contributed by atoms with Crippen LogP contribution >= 0.6 is 0 Å². The molecule has 23 nitrogen and oxygen atoms in total. The molecule has 386 valence electrons. The molecule has 4 aromatic heterocycles. The summed E-state index contributed by atoms with van der Waals surface area (Å²) < 4.78 is 47.2. The van der Waals surface area contributed by atoms with Gasteiger partial charge in [0, 0.05) is 25.7 Å². The average Bonchev–Trinajstić information content (AvgIpc) is 4.16. The molecule has 9 atom stereocenters. The molecular formula is C48H69N13O10. The molecule has 0 saturated carbocycles. The molecule has 0 spiro atoms. The van der Waals surface area contributed by atoms with Crippen molar-refractivity contribution in [2.24, 2.45) is 0 Å². The second-order valence-corrected chi connectivity index (χ2v) is 19.8. The van der Waals surface area contributed by atoms with Crippen LogP contribution in [0, 0.1) is 0 Å². The summed E-state index contributed by atoms with van der Waals surface area (Å²) in [5.74, 6) is -0.736. The van der Waals surface area contributed by atoms with Gasteiger partial charge in [-0.25, -0.2) is 34.7 Å². The number of imidazole rings is 2. The van der Waals surface area contributed by atoms with Crippen molar-refractivity contribution in [3.63, 3.8) is 0 Å². The Balaban J connectivity index is 0.000000223. The number of nitrogens with two attached hydrogens (primary N) is 2. The molecule has 5 aromatic rings. The number of nitrogen functional groups attached to an aromatic ring is 2. The quantitative estimate of drug-likeness (QED) is 0.100. The number of nitrogens with zero attached hydrogens (tertiary/aromatic N) is 9. The van der Waals surface area contributed by atoms with Crippen molar-refractivity contribution in [1.82, 2.24) is 54.6 Å². The monoisotopic (exact) mass is 988 g/mol. The van der Waals surface area contributed by atoms with Gasteiger partial charge in [0.2, 0.25) is 0 Å². The van der Waals surface area contributed by atoms with Gasteiger partial charge in [-0.2, -0.15) is 9.59 Å². The molecule has 6 N–H and O–H groups in total. The van der Waals surface area contributed by atoms with Gasteiger partial charge in [-0.3, -0.25) is 9.13 Å². The third-order valence-corrected chi connectivity index (χ3v) is 12.2. The van der Waals surface area contributed by atoms with Crippen molar-refractivity contribution >= 4 is 46.2 Å². The zero-order valence-electron chi connectivity index (χ0n) is 42.0. The van der Waals surface area contributed by atoms with E-state index in [4.69, 9.17) is 54.2 Å². The van der Waals surface area contributed by atoms with Crippen molar-refractivity contribution in [1.29, 1.82) is 0 Å². The molecule has 4 fully saturated rings. The Morgan fingerprint density at radius 3 is 1.82 bits per heavy atom. The molecule has 4 saturated heterocycles. The molecule has 8 heterocycles. The summed E-state index contributed by atoms with van der Waals surface area (Å²) in [5.41, 5.74) is 14.8. The first kappa shape index (κ1) is 53.1. The third kappa shape index (κ3) is 13.0. The molecule has 4 aliphatic rings. The Morgan fingerprint density at radius 2 is 1.30 bits per heavy atom. The van der Waals surface area contributed by atoms with Gasteiger partial charge in [-0.1, -0.05) is 44.2 Å². The standard InChI is InChI=1S/C31H45N7O5.C16H24N6O3.CO2/c1-7-14-37(15-13-21(16-20-11-9-8-10-12-20)36-29(39)43-30(2,3)4)17-22-24-25(42-31(5,6)41-24)28(40-22)38-19-35-23-26(32)33-18-34-27(23)38;1-4-5-18-6-9-11-12(25-16(2,3)24-11)15(23-9)22-8-21-10-13(17)19-7-20-14(10)22;2-1-3/h8-12,18-19,21-22,24-25,28H,7,13-17H2,1-6H3,(H,36,39)(H2,32,33,34);7-9,11-12,15,18H,4-6H2,1-3H3,(H2,17,19,20);/t21-,22+,24+,25?,28?;9-,11-,12?,15?;/m01./s1. The van der Waals surface area contributed by atoms with Crippen LogP contribution in [0.3, 0.4) is 0 Å². The number of nitrogens with one attached hydrogen (secondary N) is 2. The van der Waals surface area contributed by atoms with Gasteiger partial charge < -0.3 is 60.2 Å². The van der Waals surface area contributed by atoms with E-state index in [9.17, 15) is 4.79 Å². The minimum absolute atomic E-state index is 0.103. The molecular weight excluding hydrogens is 919 g/mol. The second kappa shape index (κ2) is 22.8. The van der Waals surface area contributed by atoms with E-state index in [2.05, 4.69) is 71.4 Å². The number of amides is 1. The molecule has 4 unspecified atom stereocenters. The largest absolute Gasteiger partial charge is 0.444 e. The van der Waals surface area contributed by atoms with Crippen molar-refractivity contribution in [2.75, 3.05) is 44.2 Å². The number of hydrogen-bond donors (Lipinski definition) is 4. The maximum absolute atomic E-state index is 12.7. The Hall–Kier alpha value is -5.75. The molecule has 1 aromatic carbocycles. The van der Waals surface area contributed by atoms with Crippen LogP contribution in [0.4, 0.5) is 16.4 Å². The topological polar surface area (TPSA) is 282 Å². The van der Waals surface area contributed by atoms with E-state index >= 15 is 0 Å². The van der Waals surface area contributed by atoms with Crippen LogP contribution in [0.2, 0.25) is 0 Å². The van der Waals surface area contributed by atoms with Gasteiger partial charge in [-0.05, 0) is 92.8 Å². The first-order chi connectivity index (χ1) is 33.8. The number of anilines is 2. The van der Waals surface area contributed by atoms with Gasteiger partial charge in [0.05, 0.1) is 12.7 Å². The molecule has 4 aliphatic heterocycles. The van der Waals surface area contributed by atoms with E-state index in [1.165, 1.54) is 12.7 Å². The molecule has 9 rings (SSSR count). The van der Waals surface area contributed by atoms with E-state index in [0.29, 0.717) is 53.5 Å². The summed E-state index contributed by atoms with van der Waals surface area (Å²) in [6, 6.07) is 10.1. The summed E-state index contributed by atoms with van der Waals surface area (Å²) in [6.45, 7) is 21.5. The number of carbonyl (C=O) groups excluding carboxylic acids is 3. The molecule has 0 aliphatic carbocycles. The second-order valence-electron chi connectivity index (χ2n) is 19.8. The first-order valence-corrected chi connectivity index (χ1v) is 24.2. The highest BCUT2D eigenvalue weighted by Crippen LogP contribution is 2.45. The zero-order valence-corrected chi connectivity index (χ0v) is 42.0. The lowest BCUT2D eigenvalue weighted by molar-refractivity contribution is -0.198. The highest BCUT2D eigenvalue weighted by molar-refractivity contribution is 5.82. The first-order valence-electron chi connectivity index (χ1n) is 24.2. The Morgan fingerprint density at radius 1 is 0.775 bits per heavy atom. The third-order valence-electron chi connectivity index (χ3n) is 12.2. The highest BCUT2D eigenvalue weighted by Gasteiger charge is 2.57. The predicted octanol–water partition coefficient (Wildman–Crippen LogP) is 4.31. The Labute approximate surface area is 413 Å². The fourth-order valence-electron chi connectivity index (χ4n) is 9.41. The lowest BCUT2D eigenvalue weighted by Gasteiger charge is -2.30. The van der Waals surface area contributed by atoms with E-state index in [1.54, 1.807) is 12.7 Å². The normalized spacial score (nSPS) is 25.4. The van der Waals surface area contributed by atoms with Crippen LogP contribution in [0.25, 0.3) is 22.3 Å². The van der Waals surface area contributed by atoms with Gasteiger partial charge in [-0.15, -0.1) is 0 Å². The van der Waals surface area contributed by atoms with Crippen LogP contribution < -0.4 is 22.1 Å². The number of carbonyl (C=O) groups is 1. The molecule has 0 bridgehead atoms. The Kier molecular flexibility index (Phi) is 17.0. The number of rotatable bonds is 16. The van der Waals surface area contributed by atoms with Crippen LogP contribution in [0.15, 0.2) is 55.6 Å². The zero-order chi connectivity index (χ0) is 51.1. The molecule has 23 heteroatoms. The molecule has 0 radical (unpaired) electrons. The van der Waals surface area contributed by atoms with E-state index in [0.717, 1.165) is 44.5 Å². The van der Waals surface area contributed by atoms with Crippen molar-refractivity contribution in [3.8, 4) is 0 Å². The summed E-state index contributed by atoms with van der Waals surface area (Å²) >= 11 is 0. The van der Waals surface area contributed by atoms with E-state index in [-0.39, 0.29) is 55.0 Å². The Bertz CT molecular complexity index is 2570. The minimum atomic E-state index is -0.756. The van der Waals surface area contributed by atoms with Gasteiger partial charge >= 0.3 is 12.2 Å². The smallest absolute Gasteiger partial charge is 0.407 e. The lowest BCUT2D eigenvalue weighted by Crippen LogP contribution is -2.44. The van der Waals surface area contributed by atoms with Crippen molar-refractivity contribution in [3.05, 3.63) is 61.2 Å². The minimum Gasteiger partial charge on any atom is -0.444 e. The van der Waals surface area contributed by atoms with Crippen LogP contribution in [0.5, 0.6) is 0 Å². The van der Waals surface area contributed by atoms with Crippen LogP contribution in [0.1, 0.15) is 99.6 Å².